The Balaban J connectivity index is -0.00000144. The Bertz CT molecular complexity index is 221. The van der Waals surface area contributed by atoms with Crippen LogP contribution in [-0.2, 0) is 4.79 Å². The molecule has 0 amide bonds. The van der Waals surface area contributed by atoms with Crippen molar-refractivity contribution in [2.24, 2.45) is 0 Å². The van der Waals surface area contributed by atoms with E-state index in [9.17, 15) is 4.79 Å². The van der Waals surface area contributed by atoms with E-state index >= 15 is 0 Å². The van der Waals surface area contributed by atoms with Gasteiger partial charge in [-0.25, -0.2) is 0 Å². The molecule has 0 saturated heterocycles. The van der Waals surface area contributed by atoms with Gasteiger partial charge in [-0.1, -0.05) is 57.6 Å². The molecule has 108 valence electrons. The Kier molecular flexibility index (Phi) is 22.0. The number of carboxylic acid groups (broad SMARTS) is 1. The number of allylic oxidation sites excluding steroid dienone is 2. The summed E-state index contributed by atoms with van der Waals surface area (Å²) in [6.45, 7) is 2.24. The molecule has 2 nitrogen and oxygen atoms in total. The molecule has 0 bridgehead atoms. The average Bonchev–Trinajstić information content (AvgIpc) is 2.34. The van der Waals surface area contributed by atoms with E-state index in [-0.39, 0.29) is 52.8 Å². The van der Waals surface area contributed by atoms with Gasteiger partial charge in [0.1, 0.15) is 0 Å². The predicted octanol–water partition coefficient (Wildman–Crippen LogP) is 2.44. The third kappa shape index (κ3) is 21.3. The van der Waals surface area contributed by atoms with Gasteiger partial charge in [-0.15, -0.1) is 0 Å². The van der Waals surface area contributed by atoms with Crippen LogP contribution in [0.25, 0.3) is 0 Å². The van der Waals surface area contributed by atoms with Crippen LogP contribution in [0.15, 0.2) is 12.2 Å². The molecule has 0 rings (SSSR count). The van der Waals surface area contributed by atoms with Crippen LogP contribution in [0.4, 0.5) is 0 Å². The van der Waals surface area contributed by atoms with Gasteiger partial charge in [-0.05, 0) is 32.1 Å². The predicted molar refractivity (Wildman–Crippen MR) is 79.0 cm³/mol. The Morgan fingerprint density at radius 2 is 1.37 bits per heavy atom. The molecule has 3 heteroatoms. The molecule has 0 aliphatic carbocycles. The molecule has 0 fully saturated rings. The van der Waals surface area contributed by atoms with Crippen molar-refractivity contribution in [3.8, 4) is 0 Å². The van der Waals surface area contributed by atoms with Crippen LogP contribution in [0.1, 0.15) is 85.4 Å². The van der Waals surface area contributed by atoms with Crippen molar-refractivity contribution in [2.45, 2.75) is 84.0 Å². The SMILES string of the molecule is CCCCCC/C=C\CCCCCCCC(=O)O.[H-].[K+]. The Morgan fingerprint density at radius 3 is 1.89 bits per heavy atom. The van der Waals surface area contributed by atoms with Crippen molar-refractivity contribution in [3.05, 3.63) is 12.2 Å². The number of hydrogen-bond acceptors (Lipinski definition) is 1. The summed E-state index contributed by atoms with van der Waals surface area (Å²) in [4.78, 5) is 10.3. The molecule has 0 aromatic rings. The topological polar surface area (TPSA) is 37.3 Å². The molecular formula is C16H31KO2. The number of aliphatic carboxylic acids is 1. The minimum Gasteiger partial charge on any atom is -1.00 e. The van der Waals surface area contributed by atoms with Gasteiger partial charge in [0.05, 0.1) is 0 Å². The van der Waals surface area contributed by atoms with Crippen molar-refractivity contribution in [2.75, 3.05) is 0 Å². The zero-order valence-electron chi connectivity index (χ0n) is 14.0. The normalized spacial score (nSPS) is 10.6. The van der Waals surface area contributed by atoms with E-state index in [1.807, 2.05) is 0 Å². The molecule has 0 aliphatic rings. The third-order valence-electron chi connectivity index (χ3n) is 3.15. The summed E-state index contributed by atoms with van der Waals surface area (Å²) >= 11 is 0. The van der Waals surface area contributed by atoms with Crippen LogP contribution in [0.2, 0.25) is 0 Å². The van der Waals surface area contributed by atoms with Crippen molar-refractivity contribution < 1.29 is 62.7 Å². The van der Waals surface area contributed by atoms with E-state index in [1.54, 1.807) is 0 Å². The molecule has 0 radical (unpaired) electrons. The Hall–Kier alpha value is 0.846. The number of unbranched alkanes of at least 4 members (excludes halogenated alkanes) is 9. The summed E-state index contributed by atoms with van der Waals surface area (Å²) in [7, 11) is 0. The molecule has 0 aromatic heterocycles. The summed E-state index contributed by atoms with van der Waals surface area (Å²) in [6, 6.07) is 0. The van der Waals surface area contributed by atoms with E-state index in [0.29, 0.717) is 6.42 Å². The van der Waals surface area contributed by atoms with E-state index < -0.39 is 5.97 Å². The maximum atomic E-state index is 10.3. The fourth-order valence-electron chi connectivity index (χ4n) is 1.99. The van der Waals surface area contributed by atoms with Gasteiger partial charge in [-0.2, -0.15) is 0 Å². The van der Waals surface area contributed by atoms with Crippen LogP contribution in [0.3, 0.4) is 0 Å². The van der Waals surface area contributed by atoms with Gasteiger partial charge in [-0.3, -0.25) is 4.79 Å². The quantitative estimate of drug-likeness (QED) is 0.322. The van der Waals surface area contributed by atoms with Gasteiger partial charge in [0.25, 0.3) is 0 Å². The molecule has 0 aliphatic heterocycles. The first-order valence-electron chi connectivity index (χ1n) is 7.64. The Labute approximate surface area is 163 Å². The van der Waals surface area contributed by atoms with Gasteiger partial charge in [0.2, 0.25) is 0 Å². The summed E-state index contributed by atoms with van der Waals surface area (Å²) < 4.78 is 0. The number of rotatable bonds is 13. The molecule has 0 heterocycles. The van der Waals surface area contributed by atoms with E-state index in [4.69, 9.17) is 5.11 Å². The van der Waals surface area contributed by atoms with Crippen LogP contribution in [-0.4, -0.2) is 11.1 Å². The molecule has 0 saturated carbocycles. The molecule has 0 atom stereocenters. The second kappa shape index (κ2) is 18.8. The minimum absolute atomic E-state index is 0. The zero-order valence-corrected chi connectivity index (χ0v) is 16.1. The van der Waals surface area contributed by atoms with Crippen molar-refractivity contribution in [1.82, 2.24) is 0 Å². The van der Waals surface area contributed by atoms with Crippen LogP contribution in [0.5, 0.6) is 0 Å². The van der Waals surface area contributed by atoms with Gasteiger partial charge < -0.3 is 6.53 Å². The zero-order chi connectivity index (χ0) is 13.5. The molecule has 0 spiro atoms. The van der Waals surface area contributed by atoms with Crippen molar-refractivity contribution in [3.63, 3.8) is 0 Å². The summed E-state index contributed by atoms with van der Waals surface area (Å²) in [5.41, 5.74) is 0. The Morgan fingerprint density at radius 1 is 0.895 bits per heavy atom. The maximum absolute atomic E-state index is 10.3. The monoisotopic (exact) mass is 294 g/mol. The first kappa shape index (κ1) is 22.1. The second-order valence-corrected chi connectivity index (χ2v) is 5.02. The van der Waals surface area contributed by atoms with E-state index in [1.165, 1.54) is 57.8 Å². The van der Waals surface area contributed by atoms with Gasteiger partial charge in [0, 0.05) is 6.42 Å². The van der Waals surface area contributed by atoms with E-state index in [0.717, 1.165) is 12.8 Å². The first-order chi connectivity index (χ1) is 8.77. The molecule has 19 heavy (non-hydrogen) atoms. The van der Waals surface area contributed by atoms with Crippen LogP contribution in [0, 0.1) is 0 Å². The average molecular weight is 295 g/mol. The number of carbonyl (C=O) groups is 1. The summed E-state index contributed by atoms with van der Waals surface area (Å²) in [5, 5.41) is 8.48. The van der Waals surface area contributed by atoms with Crippen LogP contribution >= 0.6 is 0 Å². The van der Waals surface area contributed by atoms with E-state index in [2.05, 4.69) is 19.1 Å². The fraction of sp³-hybridized carbons (Fsp3) is 0.812. The third-order valence-corrected chi connectivity index (χ3v) is 3.15. The number of carboxylic acids is 1. The maximum Gasteiger partial charge on any atom is 1.00 e. The summed E-state index contributed by atoms with van der Waals surface area (Å²) in [5.74, 6) is -0.666. The first-order valence-corrected chi connectivity index (χ1v) is 7.64. The second-order valence-electron chi connectivity index (χ2n) is 5.02. The van der Waals surface area contributed by atoms with Crippen molar-refractivity contribution >= 4 is 5.97 Å². The molecule has 0 aromatic carbocycles. The number of hydrogen-bond donors (Lipinski definition) is 1. The van der Waals surface area contributed by atoms with Gasteiger partial charge >= 0.3 is 57.4 Å². The largest absolute Gasteiger partial charge is 1.00 e. The fourth-order valence-corrected chi connectivity index (χ4v) is 1.99. The minimum atomic E-state index is -0.666. The van der Waals surface area contributed by atoms with Crippen molar-refractivity contribution in [1.29, 1.82) is 0 Å². The molecule has 1 N–H and O–H groups in total. The van der Waals surface area contributed by atoms with Crippen LogP contribution < -0.4 is 51.4 Å². The molecular weight excluding hydrogens is 263 g/mol. The molecule has 0 unspecified atom stereocenters. The van der Waals surface area contributed by atoms with Gasteiger partial charge in [0.15, 0.2) is 0 Å². The smallest absolute Gasteiger partial charge is 1.00 e. The standard InChI is InChI=1S/C16H30O2.K.H/c1-2-3-4-5-6-7-8-9-10-11-12-13-14-15-16(17)18;;/h7-8H,2-6,9-15H2,1H3,(H,17,18);;/q;+1;-1/b8-7-;;. The summed E-state index contributed by atoms with van der Waals surface area (Å²) in [6.07, 6.45) is 18.3.